The normalized spacial score (nSPS) is 18.9. The topological polar surface area (TPSA) is 94.8 Å². The molecule has 0 radical (unpaired) electrons. The van der Waals surface area contributed by atoms with Crippen LogP contribution in [0.15, 0.2) is 52.1 Å². The summed E-state index contributed by atoms with van der Waals surface area (Å²) < 4.78 is 13.3. The lowest BCUT2D eigenvalue weighted by atomic mass is 10.1. The van der Waals surface area contributed by atoms with Crippen molar-refractivity contribution in [2.45, 2.75) is 12.3 Å². The molecule has 1 saturated carbocycles. The van der Waals surface area contributed by atoms with E-state index in [2.05, 4.69) is 15.5 Å². The number of halogens is 1. The lowest BCUT2D eigenvalue weighted by Crippen LogP contribution is -2.22. The highest BCUT2D eigenvalue weighted by Gasteiger charge is 2.44. The van der Waals surface area contributed by atoms with E-state index in [0.29, 0.717) is 12.1 Å². The largest absolute Gasteiger partial charge is 0.325 e. The van der Waals surface area contributed by atoms with E-state index in [1.807, 2.05) is 0 Å². The summed E-state index contributed by atoms with van der Waals surface area (Å²) in [5.41, 5.74) is 0.157. The fourth-order valence-electron chi connectivity index (χ4n) is 3.15. The van der Waals surface area contributed by atoms with Gasteiger partial charge in [0.1, 0.15) is 5.82 Å². The number of H-pyrrole nitrogens is 2. The molecule has 0 spiro atoms. The van der Waals surface area contributed by atoms with Gasteiger partial charge in [0.05, 0.1) is 16.5 Å². The number of amides is 1. The summed E-state index contributed by atoms with van der Waals surface area (Å²) in [6.45, 7) is 0. The number of benzene rings is 2. The average Bonchev–Trinajstić information content (AvgIpc) is 3.39. The van der Waals surface area contributed by atoms with E-state index in [-0.39, 0.29) is 34.3 Å². The van der Waals surface area contributed by atoms with E-state index in [4.69, 9.17) is 0 Å². The van der Waals surface area contributed by atoms with Crippen LogP contribution in [0, 0.1) is 11.7 Å². The zero-order chi connectivity index (χ0) is 17.6. The fraction of sp³-hybridized carbons (Fsp3) is 0.167. The van der Waals surface area contributed by atoms with Gasteiger partial charge in [0.2, 0.25) is 5.91 Å². The molecule has 6 nitrogen and oxygen atoms in total. The minimum Gasteiger partial charge on any atom is -0.325 e. The number of aromatic amines is 2. The fourth-order valence-corrected chi connectivity index (χ4v) is 3.15. The van der Waals surface area contributed by atoms with E-state index in [1.54, 1.807) is 24.3 Å². The van der Waals surface area contributed by atoms with Gasteiger partial charge in [0, 0.05) is 5.92 Å². The van der Waals surface area contributed by atoms with Crippen molar-refractivity contribution in [2.75, 3.05) is 5.32 Å². The van der Waals surface area contributed by atoms with Crippen molar-refractivity contribution in [1.29, 1.82) is 0 Å². The number of carbonyl (C=O) groups excluding carboxylic acids is 1. The summed E-state index contributed by atoms with van der Waals surface area (Å²) in [4.78, 5) is 36.3. The van der Waals surface area contributed by atoms with Crippen LogP contribution in [0.3, 0.4) is 0 Å². The standard InChI is InChI=1S/C18H14FN3O3/c19-10-4-1-3-9(7-10)12-8-13(12)16(23)20-14-6-2-5-11-15(14)18(25)22-21-17(11)24/h1-7,12-13H,8H2,(H,20,23)(H,21,24)(H,22,25). The lowest BCUT2D eigenvalue weighted by molar-refractivity contribution is -0.117. The van der Waals surface area contributed by atoms with Crippen molar-refractivity contribution in [1.82, 2.24) is 10.2 Å². The van der Waals surface area contributed by atoms with E-state index < -0.39 is 11.1 Å². The second-order valence-corrected chi connectivity index (χ2v) is 6.13. The van der Waals surface area contributed by atoms with Gasteiger partial charge in [0.15, 0.2) is 0 Å². The third kappa shape index (κ3) is 2.73. The maximum atomic E-state index is 13.3. The first kappa shape index (κ1) is 15.3. The van der Waals surface area contributed by atoms with Crippen LogP contribution < -0.4 is 16.4 Å². The van der Waals surface area contributed by atoms with Gasteiger partial charge in [-0.25, -0.2) is 4.39 Å². The highest BCUT2D eigenvalue weighted by Crippen LogP contribution is 2.48. The Kier molecular flexibility index (Phi) is 3.49. The first-order chi connectivity index (χ1) is 12.0. The Morgan fingerprint density at radius 3 is 2.64 bits per heavy atom. The van der Waals surface area contributed by atoms with Crippen molar-refractivity contribution < 1.29 is 9.18 Å². The molecule has 0 aliphatic heterocycles. The summed E-state index contributed by atoms with van der Waals surface area (Å²) in [7, 11) is 0. The molecule has 0 bridgehead atoms. The van der Waals surface area contributed by atoms with Crippen LogP contribution in [0.1, 0.15) is 17.9 Å². The van der Waals surface area contributed by atoms with Crippen LogP contribution in [0.4, 0.5) is 10.1 Å². The molecule has 25 heavy (non-hydrogen) atoms. The molecular formula is C18H14FN3O3. The van der Waals surface area contributed by atoms with Crippen LogP contribution >= 0.6 is 0 Å². The number of hydrogen-bond acceptors (Lipinski definition) is 3. The molecule has 1 amide bonds. The van der Waals surface area contributed by atoms with E-state index in [1.165, 1.54) is 18.2 Å². The van der Waals surface area contributed by atoms with Crippen LogP contribution in [-0.4, -0.2) is 16.1 Å². The molecule has 1 heterocycles. The molecule has 0 saturated heterocycles. The van der Waals surface area contributed by atoms with Crippen molar-refractivity contribution in [3.63, 3.8) is 0 Å². The zero-order valence-corrected chi connectivity index (χ0v) is 13.0. The maximum Gasteiger partial charge on any atom is 0.272 e. The van der Waals surface area contributed by atoms with Gasteiger partial charge in [-0.15, -0.1) is 0 Å². The molecular weight excluding hydrogens is 325 g/mol. The number of aromatic nitrogens is 2. The Hall–Kier alpha value is -3.22. The van der Waals surface area contributed by atoms with Crippen LogP contribution in [0.5, 0.6) is 0 Å². The van der Waals surface area contributed by atoms with Crippen LogP contribution in [-0.2, 0) is 4.79 Å². The molecule has 2 unspecified atom stereocenters. The number of hydrogen-bond donors (Lipinski definition) is 3. The summed E-state index contributed by atoms with van der Waals surface area (Å²) in [6.07, 6.45) is 0.622. The smallest absolute Gasteiger partial charge is 0.272 e. The Labute approximate surface area is 140 Å². The minimum absolute atomic E-state index is 0.0348. The summed E-state index contributed by atoms with van der Waals surface area (Å²) >= 11 is 0. The van der Waals surface area contributed by atoms with Crippen LogP contribution in [0.25, 0.3) is 10.8 Å². The second kappa shape index (κ2) is 5.70. The Morgan fingerprint density at radius 1 is 1.08 bits per heavy atom. The maximum absolute atomic E-state index is 13.3. The van der Waals surface area contributed by atoms with Crippen molar-refractivity contribution in [3.8, 4) is 0 Å². The molecule has 3 N–H and O–H groups in total. The molecule has 3 aromatic rings. The molecule has 2 aromatic carbocycles. The van der Waals surface area contributed by atoms with Gasteiger partial charge < -0.3 is 5.32 Å². The molecule has 1 fully saturated rings. The molecule has 4 rings (SSSR count). The number of fused-ring (bicyclic) bond motifs is 1. The van der Waals surface area contributed by atoms with Gasteiger partial charge in [-0.1, -0.05) is 18.2 Å². The second-order valence-electron chi connectivity index (χ2n) is 6.13. The Bertz CT molecular complexity index is 1100. The van der Waals surface area contributed by atoms with Gasteiger partial charge >= 0.3 is 0 Å². The number of anilines is 1. The molecule has 7 heteroatoms. The minimum atomic E-state index is -0.483. The predicted octanol–water partition coefficient (Wildman–Crippen LogP) is 2.10. The Balaban J connectivity index is 1.61. The third-order valence-corrected chi connectivity index (χ3v) is 4.49. The van der Waals surface area contributed by atoms with Crippen molar-refractivity contribution in [3.05, 3.63) is 74.6 Å². The van der Waals surface area contributed by atoms with Crippen LogP contribution in [0.2, 0.25) is 0 Å². The molecule has 126 valence electrons. The zero-order valence-electron chi connectivity index (χ0n) is 13.0. The Morgan fingerprint density at radius 2 is 1.84 bits per heavy atom. The van der Waals surface area contributed by atoms with Gasteiger partial charge in [-0.05, 0) is 42.2 Å². The number of carbonyl (C=O) groups is 1. The highest BCUT2D eigenvalue weighted by atomic mass is 19.1. The predicted molar refractivity (Wildman–Crippen MR) is 91.1 cm³/mol. The summed E-state index contributed by atoms with van der Waals surface area (Å²) in [6, 6.07) is 10.9. The average molecular weight is 339 g/mol. The van der Waals surface area contributed by atoms with E-state index in [9.17, 15) is 18.8 Å². The third-order valence-electron chi connectivity index (χ3n) is 4.49. The van der Waals surface area contributed by atoms with Crippen molar-refractivity contribution >= 4 is 22.4 Å². The van der Waals surface area contributed by atoms with E-state index >= 15 is 0 Å². The lowest BCUT2D eigenvalue weighted by Gasteiger charge is -2.08. The summed E-state index contributed by atoms with van der Waals surface area (Å²) in [5, 5.41) is 7.58. The monoisotopic (exact) mass is 339 g/mol. The van der Waals surface area contributed by atoms with Crippen molar-refractivity contribution in [2.24, 2.45) is 5.92 Å². The number of nitrogens with one attached hydrogen (secondary N) is 3. The first-order valence-electron chi connectivity index (χ1n) is 7.84. The molecule has 1 aromatic heterocycles. The molecule has 1 aliphatic carbocycles. The van der Waals surface area contributed by atoms with Gasteiger partial charge in [-0.3, -0.25) is 24.6 Å². The first-order valence-corrected chi connectivity index (χ1v) is 7.84. The molecule has 2 atom stereocenters. The van der Waals surface area contributed by atoms with Gasteiger partial charge in [-0.2, -0.15) is 0 Å². The van der Waals surface area contributed by atoms with Gasteiger partial charge in [0.25, 0.3) is 11.1 Å². The quantitative estimate of drug-likeness (QED) is 0.682. The number of rotatable bonds is 3. The molecule has 1 aliphatic rings. The highest BCUT2D eigenvalue weighted by molar-refractivity contribution is 6.03. The van der Waals surface area contributed by atoms with E-state index in [0.717, 1.165) is 5.56 Å². The SMILES string of the molecule is O=C(Nc1cccc2c(=O)[nH][nH]c(=O)c12)C1CC1c1cccc(F)c1. The summed E-state index contributed by atoms with van der Waals surface area (Å²) in [5.74, 6) is -0.893.